The molecule has 1 amide bonds. The van der Waals surface area contributed by atoms with Crippen molar-refractivity contribution < 1.29 is 4.79 Å². The van der Waals surface area contributed by atoms with Crippen molar-refractivity contribution in [2.45, 2.75) is 12.8 Å². The fraction of sp³-hybridized carbons (Fsp3) is 0.190. The van der Waals surface area contributed by atoms with Crippen molar-refractivity contribution in [1.82, 2.24) is 14.9 Å². The van der Waals surface area contributed by atoms with Crippen LogP contribution in [0, 0.1) is 0 Å². The highest BCUT2D eigenvalue weighted by atomic mass is 16.2. The largest absolute Gasteiger partial charge is 0.341 e. The van der Waals surface area contributed by atoms with Gasteiger partial charge in [-0.05, 0) is 23.1 Å². The van der Waals surface area contributed by atoms with E-state index in [-0.39, 0.29) is 11.8 Å². The summed E-state index contributed by atoms with van der Waals surface area (Å²) in [5.74, 6) is 0.268. The summed E-state index contributed by atoms with van der Waals surface area (Å²) in [5.41, 5.74) is 3.59. The number of aromatic nitrogens is 2. The number of hydrogen-bond donors (Lipinski definition) is 0. The Morgan fingerprint density at radius 2 is 1.64 bits per heavy atom. The number of nitrogens with zero attached hydrogens (tertiary/aromatic N) is 3. The molecular weight excluding hydrogens is 310 g/mol. The van der Waals surface area contributed by atoms with Gasteiger partial charge in [-0.15, -0.1) is 0 Å². The van der Waals surface area contributed by atoms with Crippen molar-refractivity contribution in [1.29, 1.82) is 0 Å². The molecule has 0 spiro atoms. The molecule has 4 heteroatoms. The van der Waals surface area contributed by atoms with Crippen LogP contribution < -0.4 is 0 Å². The number of likely N-dealkylation sites (N-methyl/N-ethyl adjacent to an activating group) is 1. The number of hydrogen-bond acceptors (Lipinski definition) is 3. The predicted molar refractivity (Wildman–Crippen MR) is 99.3 cm³/mol. The number of carbonyl (C=O) groups excluding carboxylic acids is 1. The van der Waals surface area contributed by atoms with Gasteiger partial charge in [-0.25, -0.2) is 9.97 Å². The van der Waals surface area contributed by atoms with Crippen LogP contribution >= 0.6 is 0 Å². The maximum atomic E-state index is 13.0. The highest BCUT2D eigenvalue weighted by molar-refractivity contribution is 6.00. The Kier molecular flexibility index (Phi) is 5.19. The van der Waals surface area contributed by atoms with Crippen LogP contribution in [0.4, 0.5) is 0 Å². The Morgan fingerprint density at radius 1 is 1.00 bits per heavy atom. The van der Waals surface area contributed by atoms with Crippen molar-refractivity contribution in [3.05, 3.63) is 84.4 Å². The van der Waals surface area contributed by atoms with Gasteiger partial charge in [0.15, 0.2) is 0 Å². The minimum Gasteiger partial charge on any atom is -0.341 e. The summed E-state index contributed by atoms with van der Waals surface area (Å²) in [6.07, 6.45) is 4.94. The monoisotopic (exact) mass is 331 g/mol. The van der Waals surface area contributed by atoms with E-state index in [1.54, 1.807) is 17.3 Å². The first-order chi connectivity index (χ1) is 12.2. The molecule has 0 saturated carbocycles. The Labute approximate surface area is 148 Å². The van der Waals surface area contributed by atoms with Gasteiger partial charge in [0.1, 0.15) is 6.33 Å². The maximum absolute atomic E-state index is 13.0. The lowest BCUT2D eigenvalue weighted by Gasteiger charge is -2.23. The Hall–Kier alpha value is -3.01. The van der Waals surface area contributed by atoms with Gasteiger partial charge in [0, 0.05) is 37.1 Å². The van der Waals surface area contributed by atoms with Crippen LogP contribution in [0.2, 0.25) is 0 Å². The molecule has 0 fully saturated rings. The summed E-state index contributed by atoms with van der Waals surface area (Å²) in [7, 11) is 1.85. The zero-order valence-electron chi connectivity index (χ0n) is 14.5. The molecule has 0 radical (unpaired) electrons. The van der Waals surface area contributed by atoms with Crippen molar-refractivity contribution >= 4 is 5.91 Å². The number of carbonyl (C=O) groups is 1. The molecular formula is C21H21N3O. The average molecular weight is 331 g/mol. The second kappa shape index (κ2) is 7.71. The molecule has 0 N–H and O–H groups in total. The quantitative estimate of drug-likeness (QED) is 0.709. The molecule has 0 aliphatic carbocycles. The van der Waals surface area contributed by atoms with Gasteiger partial charge in [-0.3, -0.25) is 4.79 Å². The number of benzene rings is 2. The minimum absolute atomic E-state index is 0.00207. The standard InChI is InChI=1S/C21H21N3O/c1-16(17-8-4-3-5-9-17)14-24(2)21(25)20-11-7-6-10-19(20)18-12-22-15-23-13-18/h3-13,15-16H,14H2,1-2H3/t16-/m1/s1. The van der Waals surface area contributed by atoms with Gasteiger partial charge >= 0.3 is 0 Å². The van der Waals surface area contributed by atoms with Gasteiger partial charge in [-0.1, -0.05) is 55.5 Å². The van der Waals surface area contributed by atoms with Crippen LogP contribution in [-0.2, 0) is 0 Å². The first-order valence-corrected chi connectivity index (χ1v) is 8.31. The third-order valence-electron chi connectivity index (χ3n) is 4.29. The average Bonchev–Trinajstić information content (AvgIpc) is 2.68. The molecule has 0 aliphatic heterocycles. The lowest BCUT2D eigenvalue weighted by atomic mass is 9.99. The number of amides is 1. The summed E-state index contributed by atoms with van der Waals surface area (Å²) >= 11 is 0. The van der Waals surface area contributed by atoms with E-state index in [0.29, 0.717) is 12.1 Å². The van der Waals surface area contributed by atoms with Crippen molar-refractivity contribution in [2.75, 3.05) is 13.6 Å². The molecule has 4 nitrogen and oxygen atoms in total. The van der Waals surface area contributed by atoms with E-state index in [0.717, 1.165) is 11.1 Å². The molecule has 3 rings (SSSR count). The number of rotatable bonds is 5. The topological polar surface area (TPSA) is 46.1 Å². The SMILES string of the molecule is C[C@H](CN(C)C(=O)c1ccccc1-c1cncnc1)c1ccccc1. The van der Waals surface area contributed by atoms with Crippen molar-refractivity contribution in [3.63, 3.8) is 0 Å². The van der Waals surface area contributed by atoms with Crippen molar-refractivity contribution in [2.24, 2.45) is 0 Å². The Bertz CT molecular complexity index is 834. The highest BCUT2D eigenvalue weighted by Crippen LogP contribution is 2.24. The molecule has 0 unspecified atom stereocenters. The first-order valence-electron chi connectivity index (χ1n) is 8.31. The zero-order chi connectivity index (χ0) is 17.6. The first kappa shape index (κ1) is 16.8. The summed E-state index contributed by atoms with van der Waals surface area (Å²) in [4.78, 5) is 22.9. The maximum Gasteiger partial charge on any atom is 0.254 e. The third-order valence-corrected chi connectivity index (χ3v) is 4.29. The summed E-state index contributed by atoms with van der Waals surface area (Å²) in [6, 6.07) is 17.8. The summed E-state index contributed by atoms with van der Waals surface area (Å²) in [6.45, 7) is 2.79. The van der Waals surface area contributed by atoms with Gasteiger partial charge in [0.2, 0.25) is 0 Å². The van der Waals surface area contributed by atoms with Gasteiger partial charge in [0.05, 0.1) is 0 Å². The molecule has 1 atom stereocenters. The predicted octanol–water partition coefficient (Wildman–Crippen LogP) is 4.02. The molecule has 3 aromatic rings. The van der Waals surface area contributed by atoms with Crippen molar-refractivity contribution in [3.8, 4) is 11.1 Å². The molecule has 2 aromatic carbocycles. The third kappa shape index (κ3) is 3.91. The van der Waals surface area contributed by atoms with E-state index in [9.17, 15) is 4.79 Å². The lowest BCUT2D eigenvalue weighted by Crippen LogP contribution is -2.30. The van der Waals surface area contributed by atoms with E-state index in [1.807, 2.05) is 49.5 Å². The van der Waals surface area contributed by atoms with Crippen LogP contribution in [0.25, 0.3) is 11.1 Å². The molecule has 126 valence electrons. The van der Waals surface area contributed by atoms with E-state index in [2.05, 4.69) is 29.0 Å². The second-order valence-electron chi connectivity index (χ2n) is 6.17. The fourth-order valence-corrected chi connectivity index (χ4v) is 2.95. The minimum atomic E-state index is 0.00207. The zero-order valence-corrected chi connectivity index (χ0v) is 14.5. The molecule has 25 heavy (non-hydrogen) atoms. The molecule has 0 aliphatic rings. The fourth-order valence-electron chi connectivity index (χ4n) is 2.95. The van der Waals surface area contributed by atoms with E-state index < -0.39 is 0 Å². The molecule has 1 aromatic heterocycles. The van der Waals surface area contributed by atoms with Crippen LogP contribution in [0.15, 0.2) is 73.3 Å². The van der Waals surface area contributed by atoms with Crippen LogP contribution in [0.3, 0.4) is 0 Å². The van der Waals surface area contributed by atoms with Gasteiger partial charge in [0.25, 0.3) is 5.91 Å². The van der Waals surface area contributed by atoms with Gasteiger partial charge in [-0.2, -0.15) is 0 Å². The van der Waals surface area contributed by atoms with E-state index in [1.165, 1.54) is 11.9 Å². The Balaban J connectivity index is 1.81. The van der Waals surface area contributed by atoms with Gasteiger partial charge < -0.3 is 4.90 Å². The van der Waals surface area contributed by atoms with E-state index in [4.69, 9.17) is 0 Å². The highest BCUT2D eigenvalue weighted by Gasteiger charge is 2.19. The van der Waals surface area contributed by atoms with Crippen LogP contribution in [-0.4, -0.2) is 34.4 Å². The molecule has 1 heterocycles. The smallest absolute Gasteiger partial charge is 0.254 e. The van der Waals surface area contributed by atoms with Crippen LogP contribution in [0.1, 0.15) is 28.8 Å². The summed E-state index contributed by atoms with van der Waals surface area (Å²) < 4.78 is 0. The van der Waals surface area contributed by atoms with E-state index >= 15 is 0 Å². The van der Waals surface area contributed by atoms with Crippen LogP contribution in [0.5, 0.6) is 0 Å². The second-order valence-corrected chi connectivity index (χ2v) is 6.17. The summed E-state index contributed by atoms with van der Waals surface area (Å²) in [5, 5.41) is 0. The lowest BCUT2D eigenvalue weighted by molar-refractivity contribution is 0.0789. The normalized spacial score (nSPS) is 11.8. The Morgan fingerprint density at radius 3 is 2.36 bits per heavy atom. The molecule has 0 bridgehead atoms. The molecule has 0 saturated heterocycles.